The Morgan fingerprint density at radius 1 is 0.460 bits per heavy atom. The predicted molar refractivity (Wildman–Crippen MR) is 213 cm³/mol. The molecule has 2 aliphatic heterocycles. The van der Waals surface area contributed by atoms with Gasteiger partial charge in [-0.05, 0) is 117 Å². The Bertz CT molecular complexity index is 2870. The maximum absolute atomic E-state index is 2.61. The summed E-state index contributed by atoms with van der Waals surface area (Å²) in [7, 11) is 0. The molecule has 236 valence electrons. The van der Waals surface area contributed by atoms with Crippen LogP contribution in [0.4, 0.5) is 17.1 Å². The number of aryl methyl sites for hydroxylation is 4. The van der Waals surface area contributed by atoms with E-state index in [1.165, 1.54) is 99.3 Å². The second-order valence-corrected chi connectivity index (χ2v) is 14.5. The minimum Gasteiger partial charge on any atom is -0.310 e. The summed E-state index contributed by atoms with van der Waals surface area (Å²) in [5, 5.41) is 5.31. The van der Waals surface area contributed by atoms with Crippen molar-refractivity contribution in [2.75, 3.05) is 4.90 Å². The number of fused-ring (bicyclic) bond motifs is 10. The number of aromatic nitrogens is 2. The molecule has 50 heavy (non-hydrogen) atoms. The highest BCUT2D eigenvalue weighted by Gasteiger charge is 2.42. The normalized spacial score (nSPS) is 12.8. The van der Waals surface area contributed by atoms with Gasteiger partial charge in [-0.1, -0.05) is 82.9 Å². The Morgan fingerprint density at radius 3 is 1.52 bits per heavy atom. The number of benzene rings is 7. The van der Waals surface area contributed by atoms with Crippen LogP contribution in [0.5, 0.6) is 0 Å². The molecule has 2 aromatic heterocycles. The van der Waals surface area contributed by atoms with Crippen LogP contribution < -0.4 is 21.3 Å². The van der Waals surface area contributed by atoms with E-state index >= 15 is 0 Å². The van der Waals surface area contributed by atoms with Gasteiger partial charge in [0.1, 0.15) is 0 Å². The molecular weight excluding hydrogens is 605 g/mol. The molecule has 0 fully saturated rings. The lowest BCUT2D eigenvalue weighted by atomic mass is 9.34. The van der Waals surface area contributed by atoms with Crippen molar-refractivity contribution < 1.29 is 0 Å². The van der Waals surface area contributed by atoms with Gasteiger partial charge in [0.05, 0.1) is 22.4 Å². The standard InChI is InChI=1S/C46H34BN3/c1-27-15-17-39-33(21-27)35-23-29(3)25-37-44(35)49(39)41-19-20-42(48(31-11-7-5-8-12-31)32-13-9-6-10-14-32)46-43(41)47(37)38-26-30(4)24-36-34-22-28(2)16-18-40(34)50(46)45(36)38/h5-26H,1-4H3. The van der Waals surface area contributed by atoms with Crippen molar-refractivity contribution in [1.82, 2.24) is 9.13 Å². The second-order valence-electron chi connectivity index (χ2n) is 14.5. The molecule has 0 saturated heterocycles. The third kappa shape index (κ3) is 3.55. The van der Waals surface area contributed by atoms with Crippen LogP contribution in [-0.4, -0.2) is 15.8 Å². The first-order valence-corrected chi connectivity index (χ1v) is 17.6. The molecule has 7 aromatic carbocycles. The summed E-state index contributed by atoms with van der Waals surface area (Å²) < 4.78 is 5.18. The van der Waals surface area contributed by atoms with E-state index in [4.69, 9.17) is 0 Å². The zero-order chi connectivity index (χ0) is 33.4. The Kier molecular flexibility index (Phi) is 5.47. The van der Waals surface area contributed by atoms with Crippen LogP contribution in [-0.2, 0) is 0 Å². The molecule has 9 aromatic rings. The van der Waals surface area contributed by atoms with Gasteiger partial charge in [0.25, 0.3) is 6.71 Å². The number of rotatable bonds is 3. The number of nitrogens with zero attached hydrogens (tertiary/aromatic N) is 3. The average Bonchev–Trinajstić information content (AvgIpc) is 3.61. The van der Waals surface area contributed by atoms with Crippen LogP contribution in [0.1, 0.15) is 22.3 Å². The van der Waals surface area contributed by atoms with Crippen LogP contribution in [0, 0.1) is 27.7 Å². The van der Waals surface area contributed by atoms with Crippen LogP contribution in [0.25, 0.3) is 55.0 Å². The summed E-state index contributed by atoms with van der Waals surface area (Å²) in [5.74, 6) is 0. The van der Waals surface area contributed by atoms with Crippen LogP contribution in [0.3, 0.4) is 0 Å². The molecule has 4 heterocycles. The van der Waals surface area contributed by atoms with Gasteiger partial charge in [0.2, 0.25) is 0 Å². The molecule has 11 rings (SSSR count). The molecule has 4 heteroatoms. The van der Waals surface area contributed by atoms with E-state index in [-0.39, 0.29) is 6.71 Å². The molecule has 0 amide bonds. The van der Waals surface area contributed by atoms with Crippen molar-refractivity contribution in [1.29, 1.82) is 0 Å². The van der Waals surface area contributed by atoms with Crippen molar-refractivity contribution in [2.24, 2.45) is 0 Å². The molecule has 0 aliphatic carbocycles. The predicted octanol–water partition coefficient (Wildman–Crippen LogP) is 9.73. The first-order valence-electron chi connectivity index (χ1n) is 17.6. The van der Waals surface area contributed by atoms with Crippen molar-refractivity contribution in [3.8, 4) is 11.4 Å². The Morgan fingerprint density at radius 2 is 0.960 bits per heavy atom. The SMILES string of the molecule is Cc1ccc2c(c1)c1cc(C)cc3c1n2-c1ccc(N(c2ccccc2)c2ccccc2)c2c1B3c1cc(C)cc3c4cc(C)ccc4n-2c13. The van der Waals surface area contributed by atoms with E-state index in [1.54, 1.807) is 0 Å². The number of hydrogen-bond acceptors (Lipinski definition) is 1. The minimum atomic E-state index is 0.0777. The van der Waals surface area contributed by atoms with E-state index in [0.29, 0.717) is 0 Å². The molecule has 0 atom stereocenters. The van der Waals surface area contributed by atoms with Gasteiger partial charge in [-0.3, -0.25) is 0 Å². The molecule has 0 radical (unpaired) electrons. The van der Waals surface area contributed by atoms with Crippen LogP contribution in [0.2, 0.25) is 0 Å². The fourth-order valence-corrected chi connectivity index (χ4v) is 9.35. The van der Waals surface area contributed by atoms with Gasteiger partial charge in [-0.2, -0.15) is 0 Å². The zero-order valence-electron chi connectivity index (χ0n) is 28.6. The van der Waals surface area contributed by atoms with E-state index in [1.807, 2.05) is 0 Å². The maximum atomic E-state index is 2.61. The molecule has 0 unspecified atom stereocenters. The van der Waals surface area contributed by atoms with Crippen LogP contribution >= 0.6 is 0 Å². The fourth-order valence-electron chi connectivity index (χ4n) is 9.35. The second kappa shape index (κ2) is 9.80. The van der Waals surface area contributed by atoms with Gasteiger partial charge in [-0.25, -0.2) is 0 Å². The lowest BCUT2D eigenvalue weighted by Gasteiger charge is -2.37. The Labute approximate surface area is 291 Å². The van der Waals surface area contributed by atoms with Gasteiger partial charge in [-0.15, -0.1) is 0 Å². The fraction of sp³-hybridized carbons (Fsp3) is 0.0870. The van der Waals surface area contributed by atoms with Crippen molar-refractivity contribution in [3.63, 3.8) is 0 Å². The van der Waals surface area contributed by atoms with E-state index in [2.05, 4.69) is 175 Å². The van der Waals surface area contributed by atoms with Gasteiger partial charge >= 0.3 is 0 Å². The Balaban J connectivity index is 1.39. The first-order chi connectivity index (χ1) is 24.5. The quantitative estimate of drug-likeness (QED) is 0.176. The summed E-state index contributed by atoms with van der Waals surface area (Å²) in [6, 6.07) is 50.2. The van der Waals surface area contributed by atoms with E-state index in [9.17, 15) is 0 Å². The van der Waals surface area contributed by atoms with E-state index in [0.717, 1.165) is 11.4 Å². The maximum Gasteiger partial charge on any atom is 0.252 e. The lowest BCUT2D eigenvalue weighted by molar-refractivity contribution is 1.12. The molecule has 2 aliphatic rings. The van der Waals surface area contributed by atoms with Gasteiger partial charge < -0.3 is 14.0 Å². The highest BCUT2D eigenvalue weighted by Crippen LogP contribution is 2.45. The van der Waals surface area contributed by atoms with Crippen molar-refractivity contribution in [2.45, 2.75) is 27.7 Å². The Hall–Kier alpha value is -6.00. The smallest absolute Gasteiger partial charge is 0.252 e. The average molecular weight is 640 g/mol. The molecular formula is C46H34BN3. The highest BCUT2D eigenvalue weighted by molar-refractivity contribution is 7.00. The molecule has 0 bridgehead atoms. The van der Waals surface area contributed by atoms with Gasteiger partial charge in [0.15, 0.2) is 0 Å². The number of anilines is 3. The van der Waals surface area contributed by atoms with Crippen molar-refractivity contribution >= 4 is 83.8 Å². The molecule has 0 saturated carbocycles. The van der Waals surface area contributed by atoms with Crippen LogP contribution in [0.15, 0.2) is 133 Å². The van der Waals surface area contributed by atoms with Gasteiger partial charge in [0, 0.05) is 49.6 Å². The lowest BCUT2D eigenvalue weighted by Crippen LogP contribution is -2.59. The molecule has 0 spiro atoms. The number of para-hydroxylation sites is 2. The topological polar surface area (TPSA) is 13.1 Å². The number of hydrogen-bond donors (Lipinski definition) is 0. The molecule has 3 nitrogen and oxygen atoms in total. The molecule has 0 N–H and O–H groups in total. The largest absolute Gasteiger partial charge is 0.310 e. The third-order valence-electron chi connectivity index (χ3n) is 11.2. The highest BCUT2D eigenvalue weighted by atomic mass is 15.2. The van der Waals surface area contributed by atoms with E-state index < -0.39 is 0 Å². The van der Waals surface area contributed by atoms with Crippen molar-refractivity contribution in [3.05, 3.63) is 156 Å². The monoisotopic (exact) mass is 639 g/mol. The first kappa shape index (κ1) is 27.9. The summed E-state index contributed by atoms with van der Waals surface area (Å²) in [4.78, 5) is 2.45. The third-order valence-corrected chi connectivity index (χ3v) is 11.2. The summed E-state index contributed by atoms with van der Waals surface area (Å²) in [6.45, 7) is 9.03. The summed E-state index contributed by atoms with van der Waals surface area (Å²) in [5.41, 5.74) is 20.5. The minimum absolute atomic E-state index is 0.0777. The zero-order valence-corrected chi connectivity index (χ0v) is 28.6. The summed E-state index contributed by atoms with van der Waals surface area (Å²) in [6.07, 6.45) is 0. The summed E-state index contributed by atoms with van der Waals surface area (Å²) >= 11 is 0.